The van der Waals surface area contributed by atoms with Crippen LogP contribution in [0.15, 0.2) is 89.4 Å². The number of alkyl halides is 1. The number of β-lactam (4-membered cyclic amide) rings is 1. The third-order valence-corrected chi connectivity index (χ3v) is 9.20. The van der Waals surface area contributed by atoms with Gasteiger partial charge in [0.2, 0.25) is 5.91 Å². The molecule has 0 spiro atoms. The zero-order chi connectivity index (χ0) is 25.1. The molecule has 1 aromatic heterocycles. The van der Waals surface area contributed by atoms with Gasteiger partial charge in [-0.2, -0.15) is 0 Å². The lowest BCUT2D eigenvalue weighted by Gasteiger charge is -2.49. The van der Waals surface area contributed by atoms with E-state index in [-0.39, 0.29) is 23.6 Å². The van der Waals surface area contributed by atoms with Crippen LogP contribution in [0.4, 0.5) is 0 Å². The normalized spacial score (nSPS) is 19.1. The second-order valence-electron chi connectivity index (χ2n) is 8.40. The molecule has 2 amide bonds. The predicted octanol–water partition coefficient (Wildman–Crippen LogP) is 4.71. The van der Waals surface area contributed by atoms with Gasteiger partial charge in [0.25, 0.3) is 5.91 Å². The number of fused-ring (bicyclic) bond motifs is 1. The molecular weight excluding hydrogens is 607 g/mol. The Balaban J connectivity index is 1.36. The first-order chi connectivity index (χ1) is 17.6. The minimum atomic E-state index is -0.653. The van der Waals surface area contributed by atoms with E-state index in [0.717, 1.165) is 21.6 Å². The molecule has 2 aliphatic rings. The topological polar surface area (TPSA) is 75.7 Å². The van der Waals surface area contributed by atoms with Crippen LogP contribution >= 0.6 is 45.7 Å². The average molecular weight is 631 g/mol. The summed E-state index contributed by atoms with van der Waals surface area (Å²) >= 11 is 5.28. The fourth-order valence-corrected chi connectivity index (χ4v) is 7.36. The van der Waals surface area contributed by atoms with Crippen LogP contribution in [0.5, 0.6) is 0 Å². The summed E-state index contributed by atoms with van der Waals surface area (Å²) in [5, 5.41) is 4.46. The first-order valence-electron chi connectivity index (χ1n) is 11.4. The van der Waals surface area contributed by atoms with Crippen molar-refractivity contribution >= 4 is 63.5 Å². The fourth-order valence-electron chi connectivity index (χ4n) is 4.32. The third-order valence-electron chi connectivity index (χ3n) is 6.06. The quantitative estimate of drug-likeness (QED) is 0.169. The van der Waals surface area contributed by atoms with Crippen LogP contribution in [0.3, 0.4) is 0 Å². The molecule has 0 aliphatic carbocycles. The Morgan fingerprint density at radius 3 is 2.28 bits per heavy atom. The van der Waals surface area contributed by atoms with Gasteiger partial charge in [0.1, 0.15) is 17.1 Å². The van der Waals surface area contributed by atoms with Gasteiger partial charge in [-0.1, -0.05) is 89.3 Å². The van der Waals surface area contributed by atoms with Crippen molar-refractivity contribution in [3.8, 4) is 0 Å². The van der Waals surface area contributed by atoms with Crippen molar-refractivity contribution in [3.05, 3.63) is 105 Å². The number of nitrogens with zero attached hydrogens (tertiary/aromatic N) is 1. The molecule has 184 valence electrons. The lowest BCUT2D eigenvalue weighted by molar-refractivity contribution is -0.154. The summed E-state index contributed by atoms with van der Waals surface area (Å²) in [5.41, 5.74) is 2.87. The number of thiophene rings is 1. The average Bonchev–Trinajstić information content (AvgIpc) is 3.43. The van der Waals surface area contributed by atoms with Crippen molar-refractivity contribution in [2.45, 2.75) is 23.9 Å². The Bertz CT molecular complexity index is 1240. The molecule has 0 radical (unpaired) electrons. The van der Waals surface area contributed by atoms with E-state index in [9.17, 15) is 14.4 Å². The molecule has 2 aromatic carbocycles. The monoisotopic (exact) mass is 630 g/mol. The van der Waals surface area contributed by atoms with Crippen molar-refractivity contribution in [2.75, 3.05) is 10.2 Å². The highest BCUT2D eigenvalue weighted by atomic mass is 127. The van der Waals surface area contributed by atoms with Crippen molar-refractivity contribution in [1.29, 1.82) is 0 Å². The minimum absolute atomic E-state index is 0.197. The van der Waals surface area contributed by atoms with E-state index >= 15 is 0 Å². The molecule has 1 N–H and O–H groups in total. The molecule has 0 saturated carbocycles. The molecule has 3 aromatic rings. The third kappa shape index (κ3) is 5.09. The molecule has 9 heteroatoms. The van der Waals surface area contributed by atoms with Crippen LogP contribution in [0.1, 0.15) is 22.1 Å². The highest BCUT2D eigenvalue weighted by molar-refractivity contribution is 14.1. The van der Waals surface area contributed by atoms with Crippen LogP contribution in [0.2, 0.25) is 0 Å². The van der Waals surface area contributed by atoms with Gasteiger partial charge in [-0.25, -0.2) is 4.79 Å². The molecule has 36 heavy (non-hydrogen) atoms. The lowest BCUT2D eigenvalue weighted by Crippen LogP contribution is -2.70. The maximum Gasteiger partial charge on any atom is 0.356 e. The highest BCUT2D eigenvalue weighted by Crippen LogP contribution is 2.42. The summed E-state index contributed by atoms with van der Waals surface area (Å²) < 4.78 is 6.69. The van der Waals surface area contributed by atoms with Gasteiger partial charge in [0, 0.05) is 15.1 Å². The maximum atomic E-state index is 13.6. The molecule has 2 atom stereocenters. The number of hydrogen-bond acceptors (Lipinski definition) is 6. The number of hydrogen-bond donors (Lipinski definition) is 1. The lowest BCUT2D eigenvalue weighted by atomic mass is 10.0. The summed E-state index contributed by atoms with van der Waals surface area (Å²) in [6.45, 7) is 0. The number of ether oxygens (including phenoxy) is 1. The Labute approximate surface area is 231 Å². The smallest absolute Gasteiger partial charge is 0.356 e. The standard InChI is InChI=1S/C27H23IN2O4S2/c28-15-19-16-36-26-22(29-21(31)14-20-12-7-13-35-20)25(32)30(26)23(19)27(33)34-24(17-8-3-1-4-9-17)18-10-5-2-6-11-18/h1-13,22,24,26H,14-16H2,(H,29,31)/t22-,26+/m1/s1. The van der Waals surface area contributed by atoms with Crippen LogP contribution in [-0.4, -0.2) is 44.3 Å². The zero-order valence-corrected chi connectivity index (χ0v) is 22.9. The summed E-state index contributed by atoms with van der Waals surface area (Å²) in [6, 6.07) is 22.3. The number of nitrogens with one attached hydrogen (secondary N) is 1. The Morgan fingerprint density at radius 2 is 1.69 bits per heavy atom. The maximum absolute atomic E-state index is 13.6. The molecule has 0 unspecified atom stereocenters. The van der Waals surface area contributed by atoms with Gasteiger partial charge >= 0.3 is 5.97 Å². The van der Waals surface area contributed by atoms with E-state index in [0.29, 0.717) is 15.9 Å². The number of rotatable bonds is 8. The van der Waals surface area contributed by atoms with Crippen LogP contribution < -0.4 is 5.32 Å². The van der Waals surface area contributed by atoms with Gasteiger partial charge < -0.3 is 10.1 Å². The second kappa shape index (κ2) is 11.2. The fraction of sp³-hybridized carbons (Fsp3) is 0.222. The number of carbonyl (C=O) groups is 3. The molecule has 6 nitrogen and oxygen atoms in total. The first kappa shape index (κ1) is 25.0. The van der Waals surface area contributed by atoms with E-state index < -0.39 is 18.1 Å². The molecule has 1 saturated heterocycles. The predicted molar refractivity (Wildman–Crippen MR) is 150 cm³/mol. The van der Waals surface area contributed by atoms with Crippen LogP contribution in [0, 0.1) is 0 Å². The molecule has 2 aliphatic heterocycles. The molecule has 3 heterocycles. The minimum Gasteiger partial charge on any atom is -0.448 e. The SMILES string of the molecule is O=C(Cc1cccs1)N[C@@H]1C(=O)N2C(C(=O)OC(c3ccccc3)c3ccccc3)=C(CI)CS[C@@H]12. The molecule has 1 fully saturated rings. The van der Waals surface area contributed by atoms with Gasteiger partial charge in [-0.3, -0.25) is 14.5 Å². The van der Waals surface area contributed by atoms with E-state index in [1.165, 1.54) is 16.2 Å². The Hall–Kier alpha value is -2.63. The summed E-state index contributed by atoms with van der Waals surface area (Å²) in [4.78, 5) is 41.8. The van der Waals surface area contributed by atoms with Gasteiger partial charge in [0.15, 0.2) is 6.10 Å². The van der Waals surface area contributed by atoms with Crippen molar-refractivity contribution in [1.82, 2.24) is 10.2 Å². The van der Waals surface area contributed by atoms with Crippen LogP contribution in [0.25, 0.3) is 0 Å². The summed E-state index contributed by atoms with van der Waals surface area (Å²) in [6.07, 6.45) is -0.369. The zero-order valence-electron chi connectivity index (χ0n) is 19.1. The Morgan fingerprint density at radius 1 is 1.03 bits per heavy atom. The second-order valence-corrected chi connectivity index (χ2v) is 11.3. The number of halogens is 1. The highest BCUT2D eigenvalue weighted by Gasteiger charge is 2.54. The number of thioether (sulfide) groups is 1. The Kier molecular flexibility index (Phi) is 7.78. The first-order valence-corrected chi connectivity index (χ1v) is 14.9. The van der Waals surface area contributed by atoms with Gasteiger partial charge in [-0.05, 0) is 28.1 Å². The molecular formula is C27H23IN2O4S2. The summed E-state index contributed by atoms with van der Waals surface area (Å²) in [5.74, 6) is -0.407. The largest absolute Gasteiger partial charge is 0.448 e. The van der Waals surface area contributed by atoms with Crippen molar-refractivity contribution in [2.24, 2.45) is 0 Å². The van der Waals surface area contributed by atoms with Crippen molar-refractivity contribution in [3.63, 3.8) is 0 Å². The molecule has 5 rings (SSSR count). The van der Waals surface area contributed by atoms with E-state index in [2.05, 4.69) is 27.9 Å². The van der Waals surface area contributed by atoms with E-state index in [1.807, 2.05) is 78.2 Å². The van der Waals surface area contributed by atoms with Crippen molar-refractivity contribution < 1.29 is 19.1 Å². The number of benzene rings is 2. The molecule has 0 bridgehead atoms. The number of carbonyl (C=O) groups excluding carboxylic acids is 3. The van der Waals surface area contributed by atoms with E-state index in [4.69, 9.17) is 4.74 Å². The van der Waals surface area contributed by atoms with E-state index in [1.54, 1.807) is 11.8 Å². The number of amides is 2. The number of esters is 1. The van der Waals surface area contributed by atoms with Gasteiger partial charge in [-0.15, -0.1) is 23.1 Å². The van der Waals surface area contributed by atoms with Crippen LogP contribution in [-0.2, 0) is 25.5 Å². The summed E-state index contributed by atoms with van der Waals surface area (Å²) in [7, 11) is 0. The van der Waals surface area contributed by atoms with Gasteiger partial charge in [0.05, 0.1) is 6.42 Å².